The highest BCUT2D eigenvalue weighted by Crippen LogP contribution is 2.45. The standard InChI is InChI=1S/C9H14O3/c1-11-5-12-9-4-8(10)6-2-3-7(6)9/h6-7,9H,2-5H2,1H3. The zero-order valence-corrected chi connectivity index (χ0v) is 7.29. The molecule has 2 rings (SSSR count). The Morgan fingerprint density at radius 1 is 1.50 bits per heavy atom. The fourth-order valence-electron chi connectivity index (χ4n) is 2.21. The van der Waals surface area contributed by atoms with Gasteiger partial charge < -0.3 is 9.47 Å². The molecular weight excluding hydrogens is 156 g/mol. The average Bonchev–Trinajstić information content (AvgIpc) is 2.16. The normalized spacial score (nSPS) is 39.4. The van der Waals surface area contributed by atoms with Gasteiger partial charge in [-0.1, -0.05) is 0 Å². The lowest BCUT2D eigenvalue weighted by Crippen LogP contribution is -2.31. The minimum atomic E-state index is 0.149. The summed E-state index contributed by atoms with van der Waals surface area (Å²) in [6, 6.07) is 0. The Morgan fingerprint density at radius 2 is 2.33 bits per heavy atom. The van der Waals surface area contributed by atoms with E-state index in [0.29, 0.717) is 30.8 Å². The third kappa shape index (κ3) is 1.17. The fraction of sp³-hybridized carbons (Fsp3) is 0.889. The van der Waals surface area contributed by atoms with Gasteiger partial charge in [-0.3, -0.25) is 4.79 Å². The number of hydrogen-bond donors (Lipinski definition) is 0. The topological polar surface area (TPSA) is 35.5 Å². The van der Waals surface area contributed by atoms with Crippen LogP contribution in [-0.4, -0.2) is 25.8 Å². The van der Waals surface area contributed by atoms with Gasteiger partial charge in [0, 0.05) is 19.4 Å². The third-order valence-electron chi connectivity index (χ3n) is 3.02. The molecule has 12 heavy (non-hydrogen) atoms. The average molecular weight is 170 g/mol. The maximum Gasteiger partial charge on any atom is 0.146 e. The lowest BCUT2D eigenvalue weighted by Gasteiger charge is -2.32. The van der Waals surface area contributed by atoms with Gasteiger partial charge in [0.25, 0.3) is 0 Å². The summed E-state index contributed by atoms with van der Waals surface area (Å²) in [4.78, 5) is 11.3. The molecule has 0 spiro atoms. The van der Waals surface area contributed by atoms with Crippen LogP contribution < -0.4 is 0 Å². The van der Waals surface area contributed by atoms with Gasteiger partial charge in [-0.05, 0) is 18.8 Å². The van der Waals surface area contributed by atoms with Crippen molar-refractivity contribution in [1.82, 2.24) is 0 Å². The molecule has 0 aromatic rings. The van der Waals surface area contributed by atoms with E-state index in [4.69, 9.17) is 9.47 Å². The Morgan fingerprint density at radius 3 is 2.83 bits per heavy atom. The predicted molar refractivity (Wildman–Crippen MR) is 42.6 cm³/mol. The van der Waals surface area contributed by atoms with E-state index < -0.39 is 0 Å². The van der Waals surface area contributed by atoms with Crippen molar-refractivity contribution < 1.29 is 14.3 Å². The summed E-state index contributed by atoms with van der Waals surface area (Å²) < 4.78 is 10.2. The second-order valence-electron chi connectivity index (χ2n) is 3.63. The van der Waals surface area contributed by atoms with E-state index in [1.165, 1.54) is 0 Å². The minimum Gasteiger partial charge on any atom is -0.359 e. The van der Waals surface area contributed by atoms with Crippen LogP contribution >= 0.6 is 0 Å². The Bertz CT molecular complexity index is 190. The molecule has 3 atom stereocenters. The van der Waals surface area contributed by atoms with Crippen LogP contribution in [0.4, 0.5) is 0 Å². The molecule has 0 aromatic carbocycles. The molecule has 3 unspecified atom stereocenters. The number of rotatable bonds is 3. The highest BCUT2D eigenvalue weighted by molar-refractivity contribution is 5.85. The second-order valence-corrected chi connectivity index (χ2v) is 3.63. The van der Waals surface area contributed by atoms with E-state index in [1.54, 1.807) is 7.11 Å². The van der Waals surface area contributed by atoms with Crippen LogP contribution in [0.3, 0.4) is 0 Å². The molecule has 3 nitrogen and oxygen atoms in total. The van der Waals surface area contributed by atoms with Gasteiger partial charge >= 0.3 is 0 Å². The minimum absolute atomic E-state index is 0.149. The van der Waals surface area contributed by atoms with Crippen LogP contribution in [0.5, 0.6) is 0 Å². The zero-order chi connectivity index (χ0) is 8.55. The quantitative estimate of drug-likeness (QED) is 0.592. The molecule has 2 saturated carbocycles. The lowest BCUT2D eigenvalue weighted by molar-refractivity contribution is -0.123. The molecule has 0 radical (unpaired) electrons. The molecule has 2 aliphatic rings. The number of Topliss-reactive ketones (excluding diaryl/α,β-unsaturated/α-hetero) is 1. The van der Waals surface area contributed by atoms with Crippen LogP contribution in [0.1, 0.15) is 19.3 Å². The van der Waals surface area contributed by atoms with Gasteiger partial charge in [0.1, 0.15) is 12.6 Å². The number of hydrogen-bond acceptors (Lipinski definition) is 3. The Labute approximate surface area is 72.0 Å². The van der Waals surface area contributed by atoms with E-state index in [-0.39, 0.29) is 6.10 Å². The van der Waals surface area contributed by atoms with Crippen molar-refractivity contribution in [3.05, 3.63) is 0 Å². The Hall–Kier alpha value is -0.410. The maximum absolute atomic E-state index is 11.3. The highest BCUT2D eigenvalue weighted by Gasteiger charge is 2.48. The van der Waals surface area contributed by atoms with E-state index in [0.717, 1.165) is 12.8 Å². The first-order valence-electron chi connectivity index (χ1n) is 4.46. The van der Waals surface area contributed by atoms with Crippen molar-refractivity contribution in [3.63, 3.8) is 0 Å². The van der Waals surface area contributed by atoms with Gasteiger partial charge in [0.2, 0.25) is 0 Å². The van der Waals surface area contributed by atoms with Crippen molar-refractivity contribution >= 4 is 5.78 Å². The molecule has 0 aliphatic heterocycles. The first-order chi connectivity index (χ1) is 5.83. The zero-order valence-electron chi connectivity index (χ0n) is 7.29. The van der Waals surface area contributed by atoms with Crippen molar-refractivity contribution in [1.29, 1.82) is 0 Å². The SMILES string of the molecule is COCOC1CC(=O)C2CCC12. The first-order valence-corrected chi connectivity index (χ1v) is 4.46. The summed E-state index contributed by atoms with van der Waals surface area (Å²) in [6.45, 7) is 0.321. The van der Waals surface area contributed by atoms with Crippen LogP contribution in [-0.2, 0) is 14.3 Å². The monoisotopic (exact) mass is 170 g/mol. The molecule has 0 amide bonds. The highest BCUT2D eigenvalue weighted by atomic mass is 16.7. The molecular formula is C9H14O3. The molecule has 0 heterocycles. The van der Waals surface area contributed by atoms with Crippen molar-refractivity contribution in [3.8, 4) is 0 Å². The summed E-state index contributed by atoms with van der Waals surface area (Å²) in [6.07, 6.45) is 3.00. The van der Waals surface area contributed by atoms with Crippen molar-refractivity contribution in [2.75, 3.05) is 13.9 Å². The first kappa shape index (κ1) is 8.20. The van der Waals surface area contributed by atoms with Crippen LogP contribution in [0.2, 0.25) is 0 Å². The molecule has 2 aliphatic carbocycles. The molecule has 3 heteroatoms. The Balaban J connectivity index is 1.88. The Kier molecular flexibility index (Phi) is 2.15. The summed E-state index contributed by atoms with van der Waals surface area (Å²) in [5, 5.41) is 0. The number of ketones is 1. The summed E-state index contributed by atoms with van der Waals surface area (Å²) in [7, 11) is 1.61. The summed E-state index contributed by atoms with van der Waals surface area (Å²) in [5.74, 6) is 1.23. The number of carbonyl (C=O) groups excluding carboxylic acids is 1. The van der Waals surface area contributed by atoms with Gasteiger partial charge in [0.15, 0.2) is 0 Å². The van der Waals surface area contributed by atoms with Crippen molar-refractivity contribution in [2.24, 2.45) is 11.8 Å². The lowest BCUT2D eigenvalue weighted by atomic mass is 9.75. The third-order valence-corrected chi connectivity index (χ3v) is 3.02. The van der Waals surface area contributed by atoms with Crippen LogP contribution in [0.25, 0.3) is 0 Å². The molecule has 0 bridgehead atoms. The summed E-state index contributed by atoms with van der Waals surface area (Å²) in [5.41, 5.74) is 0. The molecule has 0 aromatic heterocycles. The van der Waals surface area contributed by atoms with Gasteiger partial charge in [-0.2, -0.15) is 0 Å². The second kappa shape index (κ2) is 3.15. The van der Waals surface area contributed by atoms with Gasteiger partial charge in [-0.25, -0.2) is 0 Å². The number of fused-ring (bicyclic) bond motifs is 1. The smallest absolute Gasteiger partial charge is 0.146 e. The molecule has 0 saturated heterocycles. The molecule has 68 valence electrons. The number of carbonyl (C=O) groups is 1. The fourth-order valence-corrected chi connectivity index (χ4v) is 2.21. The van der Waals surface area contributed by atoms with E-state index in [1.807, 2.05) is 0 Å². The van der Waals surface area contributed by atoms with Gasteiger partial charge in [-0.15, -0.1) is 0 Å². The van der Waals surface area contributed by atoms with E-state index >= 15 is 0 Å². The van der Waals surface area contributed by atoms with Crippen LogP contribution in [0.15, 0.2) is 0 Å². The van der Waals surface area contributed by atoms with E-state index in [2.05, 4.69) is 0 Å². The molecule has 0 N–H and O–H groups in total. The maximum atomic E-state index is 11.3. The predicted octanol–water partition coefficient (Wildman–Crippen LogP) is 0.975. The van der Waals surface area contributed by atoms with Gasteiger partial charge in [0.05, 0.1) is 6.10 Å². The number of ether oxygens (including phenoxy) is 2. The molecule has 2 fully saturated rings. The van der Waals surface area contributed by atoms with Crippen molar-refractivity contribution in [2.45, 2.75) is 25.4 Å². The van der Waals surface area contributed by atoms with E-state index in [9.17, 15) is 4.79 Å². The largest absolute Gasteiger partial charge is 0.359 e. The van der Waals surface area contributed by atoms with Crippen LogP contribution in [0, 0.1) is 11.8 Å². The number of methoxy groups -OCH3 is 1. The summed E-state index contributed by atoms with van der Waals surface area (Å²) >= 11 is 0.